The van der Waals surface area contributed by atoms with Crippen molar-refractivity contribution in [3.63, 3.8) is 0 Å². The van der Waals surface area contributed by atoms with Gasteiger partial charge in [-0.15, -0.1) is 0 Å². The Balaban J connectivity index is 2.33. The van der Waals surface area contributed by atoms with Crippen LogP contribution in [-0.2, 0) is 11.3 Å². The minimum Gasteiger partial charge on any atom is -0.377 e. The van der Waals surface area contributed by atoms with Gasteiger partial charge in [0.2, 0.25) is 0 Å². The summed E-state index contributed by atoms with van der Waals surface area (Å²) in [7, 11) is 0. The average Bonchev–Trinajstić information content (AvgIpc) is 2.29. The lowest BCUT2D eigenvalue weighted by Crippen LogP contribution is -2.44. The molecule has 0 saturated carbocycles. The SMILES string of the molecule is CC1COCCN1c1cc(Cl)ccc1CN. The molecule has 4 heteroatoms. The van der Waals surface area contributed by atoms with E-state index in [0.717, 1.165) is 36.0 Å². The second-order valence-corrected chi connectivity index (χ2v) is 4.53. The van der Waals surface area contributed by atoms with Gasteiger partial charge in [-0.1, -0.05) is 17.7 Å². The third kappa shape index (κ3) is 2.32. The first-order chi connectivity index (χ1) is 7.72. The van der Waals surface area contributed by atoms with Crippen molar-refractivity contribution in [3.05, 3.63) is 28.8 Å². The number of rotatable bonds is 2. The molecule has 1 aliphatic heterocycles. The molecule has 1 aliphatic rings. The van der Waals surface area contributed by atoms with E-state index in [9.17, 15) is 0 Å². The smallest absolute Gasteiger partial charge is 0.0668 e. The fourth-order valence-corrected chi connectivity index (χ4v) is 2.23. The molecule has 2 rings (SSSR count). The molecule has 0 aliphatic carbocycles. The van der Waals surface area contributed by atoms with Crippen LogP contribution in [0.2, 0.25) is 5.02 Å². The molecule has 88 valence electrons. The Kier molecular flexibility index (Phi) is 3.69. The predicted molar refractivity (Wildman–Crippen MR) is 67.0 cm³/mol. The topological polar surface area (TPSA) is 38.5 Å². The van der Waals surface area contributed by atoms with Gasteiger partial charge in [0.25, 0.3) is 0 Å². The maximum absolute atomic E-state index is 6.04. The van der Waals surface area contributed by atoms with E-state index in [1.54, 1.807) is 0 Å². The summed E-state index contributed by atoms with van der Waals surface area (Å²) in [5.74, 6) is 0. The van der Waals surface area contributed by atoms with Crippen LogP contribution in [0, 0.1) is 0 Å². The van der Waals surface area contributed by atoms with Crippen LogP contribution in [0.1, 0.15) is 12.5 Å². The lowest BCUT2D eigenvalue weighted by Gasteiger charge is -2.36. The number of hydrogen-bond acceptors (Lipinski definition) is 3. The molecular formula is C12H17ClN2O. The summed E-state index contributed by atoms with van der Waals surface area (Å²) in [5, 5.41) is 0.755. The summed E-state index contributed by atoms with van der Waals surface area (Å²) in [4.78, 5) is 2.32. The number of hydrogen-bond donors (Lipinski definition) is 1. The van der Waals surface area contributed by atoms with Gasteiger partial charge in [0, 0.05) is 29.8 Å². The Hall–Kier alpha value is -0.770. The van der Waals surface area contributed by atoms with Crippen LogP contribution in [0.3, 0.4) is 0 Å². The second-order valence-electron chi connectivity index (χ2n) is 4.09. The van der Waals surface area contributed by atoms with E-state index in [1.165, 1.54) is 0 Å². The van der Waals surface area contributed by atoms with Crippen molar-refractivity contribution in [3.8, 4) is 0 Å². The first-order valence-electron chi connectivity index (χ1n) is 5.55. The monoisotopic (exact) mass is 240 g/mol. The van der Waals surface area contributed by atoms with Gasteiger partial charge in [0.05, 0.1) is 13.2 Å². The van der Waals surface area contributed by atoms with E-state index in [1.807, 2.05) is 18.2 Å². The van der Waals surface area contributed by atoms with Crippen LogP contribution in [0.4, 0.5) is 5.69 Å². The quantitative estimate of drug-likeness (QED) is 0.860. The maximum atomic E-state index is 6.04. The lowest BCUT2D eigenvalue weighted by molar-refractivity contribution is 0.0988. The predicted octanol–water partition coefficient (Wildman–Crippen LogP) is 2.02. The van der Waals surface area contributed by atoms with Gasteiger partial charge < -0.3 is 15.4 Å². The van der Waals surface area contributed by atoms with Gasteiger partial charge in [-0.3, -0.25) is 0 Å². The second kappa shape index (κ2) is 5.04. The van der Waals surface area contributed by atoms with Gasteiger partial charge >= 0.3 is 0 Å². The van der Waals surface area contributed by atoms with Gasteiger partial charge in [0.15, 0.2) is 0 Å². The number of nitrogens with two attached hydrogens (primary N) is 1. The van der Waals surface area contributed by atoms with Crippen molar-refractivity contribution in [2.75, 3.05) is 24.7 Å². The summed E-state index contributed by atoms with van der Waals surface area (Å²) < 4.78 is 5.43. The van der Waals surface area contributed by atoms with E-state index in [4.69, 9.17) is 22.1 Å². The van der Waals surface area contributed by atoms with Crippen LogP contribution in [0.5, 0.6) is 0 Å². The summed E-state index contributed by atoms with van der Waals surface area (Å²) >= 11 is 6.04. The van der Waals surface area contributed by atoms with Crippen molar-refractivity contribution >= 4 is 17.3 Å². The van der Waals surface area contributed by atoms with E-state index < -0.39 is 0 Å². The van der Waals surface area contributed by atoms with Crippen LogP contribution >= 0.6 is 11.6 Å². The molecular weight excluding hydrogens is 224 g/mol. The number of anilines is 1. The normalized spacial score (nSPS) is 21.2. The molecule has 16 heavy (non-hydrogen) atoms. The van der Waals surface area contributed by atoms with E-state index >= 15 is 0 Å². The average molecular weight is 241 g/mol. The lowest BCUT2D eigenvalue weighted by atomic mass is 10.1. The van der Waals surface area contributed by atoms with E-state index in [0.29, 0.717) is 12.6 Å². The van der Waals surface area contributed by atoms with Crippen LogP contribution in [0.25, 0.3) is 0 Å². The molecule has 0 spiro atoms. The molecule has 1 atom stereocenters. The number of morpholine rings is 1. The van der Waals surface area contributed by atoms with Crippen LogP contribution in [0.15, 0.2) is 18.2 Å². The molecule has 0 radical (unpaired) electrons. The molecule has 3 nitrogen and oxygen atoms in total. The minimum absolute atomic E-state index is 0.373. The third-order valence-electron chi connectivity index (χ3n) is 2.94. The highest BCUT2D eigenvalue weighted by atomic mass is 35.5. The molecule has 1 saturated heterocycles. The number of nitrogens with zero attached hydrogens (tertiary/aromatic N) is 1. The molecule has 1 aromatic carbocycles. The number of ether oxygens (including phenoxy) is 1. The van der Waals surface area contributed by atoms with Crippen molar-refractivity contribution < 1.29 is 4.74 Å². The van der Waals surface area contributed by atoms with E-state index in [-0.39, 0.29) is 0 Å². The molecule has 1 unspecified atom stereocenters. The molecule has 2 N–H and O–H groups in total. The zero-order chi connectivity index (χ0) is 11.5. The molecule has 0 bridgehead atoms. The van der Waals surface area contributed by atoms with Crippen LogP contribution in [-0.4, -0.2) is 25.8 Å². The Morgan fingerprint density at radius 2 is 2.38 bits per heavy atom. The molecule has 1 heterocycles. The van der Waals surface area contributed by atoms with E-state index in [2.05, 4.69) is 11.8 Å². The minimum atomic E-state index is 0.373. The molecule has 1 aromatic rings. The Morgan fingerprint density at radius 3 is 3.06 bits per heavy atom. The van der Waals surface area contributed by atoms with Crippen molar-refractivity contribution in [1.82, 2.24) is 0 Å². The van der Waals surface area contributed by atoms with Gasteiger partial charge in [0.1, 0.15) is 0 Å². The highest BCUT2D eigenvalue weighted by Crippen LogP contribution is 2.27. The zero-order valence-corrected chi connectivity index (χ0v) is 10.2. The summed E-state index contributed by atoms with van der Waals surface area (Å²) in [6, 6.07) is 6.25. The maximum Gasteiger partial charge on any atom is 0.0668 e. The number of benzene rings is 1. The molecule has 0 aromatic heterocycles. The fourth-order valence-electron chi connectivity index (χ4n) is 2.06. The van der Waals surface area contributed by atoms with Crippen LogP contribution < -0.4 is 10.6 Å². The third-order valence-corrected chi connectivity index (χ3v) is 3.18. The zero-order valence-electron chi connectivity index (χ0n) is 9.45. The van der Waals surface area contributed by atoms with Gasteiger partial charge in [-0.05, 0) is 24.6 Å². The highest BCUT2D eigenvalue weighted by molar-refractivity contribution is 6.30. The molecule has 0 amide bonds. The Labute approximate surface area is 101 Å². The fraction of sp³-hybridized carbons (Fsp3) is 0.500. The largest absolute Gasteiger partial charge is 0.377 e. The molecule has 1 fully saturated rings. The van der Waals surface area contributed by atoms with Gasteiger partial charge in [-0.2, -0.15) is 0 Å². The summed E-state index contributed by atoms with van der Waals surface area (Å²) in [5.41, 5.74) is 8.03. The Bertz CT molecular complexity index is 370. The summed E-state index contributed by atoms with van der Waals surface area (Å²) in [6.07, 6.45) is 0. The van der Waals surface area contributed by atoms with Gasteiger partial charge in [-0.25, -0.2) is 0 Å². The highest BCUT2D eigenvalue weighted by Gasteiger charge is 2.21. The first kappa shape index (κ1) is 11.7. The van der Waals surface area contributed by atoms with Crippen molar-refractivity contribution in [1.29, 1.82) is 0 Å². The number of halogens is 1. The van der Waals surface area contributed by atoms with Crippen molar-refractivity contribution in [2.24, 2.45) is 5.73 Å². The summed E-state index contributed by atoms with van der Waals surface area (Å²) in [6.45, 7) is 5.11. The Morgan fingerprint density at radius 1 is 1.56 bits per heavy atom. The van der Waals surface area contributed by atoms with Crippen molar-refractivity contribution in [2.45, 2.75) is 19.5 Å². The first-order valence-corrected chi connectivity index (χ1v) is 5.93. The standard InChI is InChI=1S/C12H17ClN2O/c1-9-8-16-5-4-15(9)12-6-11(13)3-2-10(12)7-14/h2-3,6,9H,4-5,7-8,14H2,1H3.